The maximum absolute atomic E-state index is 12.3. The smallest absolute Gasteiger partial charge is 0.287 e. The van der Waals surface area contributed by atoms with Crippen LogP contribution >= 0.6 is 12.2 Å². The zero-order valence-corrected chi connectivity index (χ0v) is 14.9. The summed E-state index contributed by atoms with van der Waals surface area (Å²) in [6.45, 7) is 3.97. The van der Waals surface area contributed by atoms with Gasteiger partial charge in [0.25, 0.3) is 4.84 Å². The van der Waals surface area contributed by atoms with Gasteiger partial charge in [0.2, 0.25) is 11.8 Å². The van der Waals surface area contributed by atoms with Gasteiger partial charge in [-0.15, -0.1) is 5.10 Å². The molecule has 128 valence electrons. The van der Waals surface area contributed by atoms with Crippen molar-refractivity contribution in [3.63, 3.8) is 0 Å². The van der Waals surface area contributed by atoms with Crippen LogP contribution in [0.1, 0.15) is 24.1 Å². The van der Waals surface area contributed by atoms with Gasteiger partial charge in [-0.3, -0.25) is 4.79 Å². The lowest BCUT2D eigenvalue weighted by Gasteiger charge is -2.13. The molecule has 1 heterocycles. The third-order valence-electron chi connectivity index (χ3n) is 3.88. The maximum atomic E-state index is 12.3. The number of rotatable bonds is 5. The lowest BCUT2D eigenvalue weighted by atomic mass is 10.1. The number of hydrogen-bond acceptors (Lipinski definition) is 4. The van der Waals surface area contributed by atoms with E-state index in [1.807, 2.05) is 68.4 Å². The number of carbonyl (C=O) groups excluding carboxylic acids is 1. The fraction of sp³-hybridized carbons (Fsp3) is 0.211. The van der Waals surface area contributed by atoms with Crippen LogP contribution in [0.25, 0.3) is 11.5 Å². The van der Waals surface area contributed by atoms with Crippen LogP contribution in [0.4, 0.5) is 0 Å². The van der Waals surface area contributed by atoms with Crippen molar-refractivity contribution < 1.29 is 9.21 Å². The van der Waals surface area contributed by atoms with Gasteiger partial charge >= 0.3 is 0 Å². The molecule has 0 saturated heterocycles. The fourth-order valence-electron chi connectivity index (χ4n) is 2.47. The number of hydrogen-bond donors (Lipinski definition) is 1. The summed E-state index contributed by atoms with van der Waals surface area (Å²) in [7, 11) is 0. The van der Waals surface area contributed by atoms with Gasteiger partial charge in [-0.25, -0.2) is 4.68 Å². The highest BCUT2D eigenvalue weighted by Gasteiger charge is 2.13. The average Bonchev–Trinajstić information content (AvgIpc) is 2.96. The molecule has 5 nitrogen and oxygen atoms in total. The van der Waals surface area contributed by atoms with E-state index in [4.69, 9.17) is 16.6 Å². The van der Waals surface area contributed by atoms with E-state index in [9.17, 15) is 4.79 Å². The summed E-state index contributed by atoms with van der Waals surface area (Å²) in [5.41, 5.74) is 3.02. The number of carbonyl (C=O) groups is 1. The Morgan fingerprint density at radius 2 is 1.88 bits per heavy atom. The van der Waals surface area contributed by atoms with E-state index in [0.717, 1.165) is 16.7 Å². The minimum Gasteiger partial charge on any atom is -0.409 e. The Labute approximate surface area is 151 Å². The van der Waals surface area contributed by atoms with Crippen LogP contribution in [0.2, 0.25) is 0 Å². The van der Waals surface area contributed by atoms with Crippen molar-refractivity contribution in [3.8, 4) is 11.5 Å². The van der Waals surface area contributed by atoms with Crippen LogP contribution in [0.3, 0.4) is 0 Å². The molecule has 6 heteroatoms. The maximum Gasteiger partial charge on any atom is 0.287 e. The van der Waals surface area contributed by atoms with E-state index in [0.29, 0.717) is 5.89 Å². The van der Waals surface area contributed by atoms with Gasteiger partial charge in [-0.2, -0.15) is 0 Å². The molecule has 3 rings (SSSR count). The molecule has 1 atom stereocenters. The Balaban J connectivity index is 1.69. The number of amides is 1. The summed E-state index contributed by atoms with van der Waals surface area (Å²) in [5, 5.41) is 7.26. The number of aryl methyl sites for hydroxylation is 1. The Kier molecular flexibility index (Phi) is 5.09. The minimum atomic E-state index is -0.170. The first-order valence-electron chi connectivity index (χ1n) is 8.02. The molecule has 0 radical (unpaired) electrons. The van der Waals surface area contributed by atoms with Crippen LogP contribution in [0.5, 0.6) is 0 Å². The molecule has 25 heavy (non-hydrogen) atoms. The quantitative estimate of drug-likeness (QED) is 0.703. The Bertz CT molecular complexity index is 914. The normalized spacial score (nSPS) is 11.9. The third kappa shape index (κ3) is 4.22. The zero-order chi connectivity index (χ0) is 17.8. The summed E-state index contributed by atoms with van der Waals surface area (Å²) >= 11 is 5.18. The van der Waals surface area contributed by atoms with Crippen LogP contribution in [-0.2, 0) is 11.3 Å². The summed E-state index contributed by atoms with van der Waals surface area (Å²) in [6, 6.07) is 17.5. The zero-order valence-electron chi connectivity index (χ0n) is 14.1. The van der Waals surface area contributed by atoms with Crippen molar-refractivity contribution in [3.05, 3.63) is 70.6 Å². The van der Waals surface area contributed by atoms with Crippen molar-refractivity contribution >= 4 is 18.1 Å². The summed E-state index contributed by atoms with van der Waals surface area (Å²) in [6.07, 6.45) is 0. The Morgan fingerprint density at radius 1 is 1.20 bits per heavy atom. The standard InChI is InChI=1S/C19H19N3O2S/c1-13-8-10-16(11-9-13)18-21-22(19(25)24-18)12-17(23)20-14(2)15-6-4-3-5-7-15/h3-11,14H,12H2,1-2H3,(H,20,23)/t14-/m1/s1. The molecule has 0 spiro atoms. The molecule has 1 N–H and O–H groups in total. The second kappa shape index (κ2) is 7.44. The Hall–Kier alpha value is -2.73. The average molecular weight is 353 g/mol. The molecular weight excluding hydrogens is 334 g/mol. The van der Waals surface area contributed by atoms with Gasteiger partial charge in [0, 0.05) is 5.56 Å². The van der Waals surface area contributed by atoms with E-state index in [1.165, 1.54) is 4.68 Å². The lowest BCUT2D eigenvalue weighted by molar-refractivity contribution is -0.122. The highest BCUT2D eigenvalue weighted by molar-refractivity contribution is 7.71. The summed E-state index contributed by atoms with van der Waals surface area (Å²) < 4.78 is 6.92. The topological polar surface area (TPSA) is 60.1 Å². The molecule has 0 aliphatic rings. The van der Waals surface area contributed by atoms with Gasteiger partial charge in [0.15, 0.2) is 0 Å². The second-order valence-corrected chi connectivity index (χ2v) is 6.25. The fourth-order valence-corrected chi connectivity index (χ4v) is 2.65. The first kappa shape index (κ1) is 17.1. The molecule has 0 bridgehead atoms. The molecule has 0 aliphatic heterocycles. The molecule has 1 aromatic heterocycles. The van der Waals surface area contributed by atoms with E-state index in [-0.39, 0.29) is 23.3 Å². The van der Waals surface area contributed by atoms with E-state index >= 15 is 0 Å². The molecular formula is C19H19N3O2S. The number of nitrogens with zero attached hydrogens (tertiary/aromatic N) is 2. The third-order valence-corrected chi connectivity index (χ3v) is 4.17. The van der Waals surface area contributed by atoms with Gasteiger partial charge in [-0.1, -0.05) is 48.0 Å². The summed E-state index contributed by atoms with van der Waals surface area (Å²) in [4.78, 5) is 12.5. The lowest BCUT2D eigenvalue weighted by Crippen LogP contribution is -2.30. The number of benzene rings is 2. The monoisotopic (exact) mass is 353 g/mol. The van der Waals surface area contributed by atoms with E-state index in [1.54, 1.807) is 0 Å². The largest absolute Gasteiger partial charge is 0.409 e. The molecule has 0 fully saturated rings. The predicted octanol–water partition coefficient (Wildman–Crippen LogP) is 4.06. The highest BCUT2D eigenvalue weighted by Crippen LogP contribution is 2.18. The van der Waals surface area contributed by atoms with Gasteiger partial charge < -0.3 is 9.73 Å². The van der Waals surface area contributed by atoms with Crippen LogP contribution in [0, 0.1) is 11.8 Å². The van der Waals surface area contributed by atoms with Crippen molar-refractivity contribution in [1.82, 2.24) is 15.1 Å². The highest BCUT2D eigenvalue weighted by atomic mass is 32.1. The van der Waals surface area contributed by atoms with Crippen LogP contribution in [-0.4, -0.2) is 15.7 Å². The van der Waals surface area contributed by atoms with Crippen LogP contribution < -0.4 is 5.32 Å². The number of nitrogens with one attached hydrogen (secondary N) is 1. The van der Waals surface area contributed by atoms with E-state index in [2.05, 4.69) is 10.4 Å². The van der Waals surface area contributed by atoms with Crippen LogP contribution in [0.15, 0.2) is 59.0 Å². The van der Waals surface area contributed by atoms with Crippen molar-refractivity contribution in [1.29, 1.82) is 0 Å². The Morgan fingerprint density at radius 3 is 2.56 bits per heavy atom. The predicted molar refractivity (Wildman–Crippen MR) is 98.5 cm³/mol. The molecule has 1 amide bonds. The van der Waals surface area contributed by atoms with Crippen molar-refractivity contribution in [2.24, 2.45) is 0 Å². The molecule has 3 aromatic rings. The van der Waals surface area contributed by atoms with Crippen molar-refractivity contribution in [2.75, 3.05) is 0 Å². The SMILES string of the molecule is Cc1ccc(-c2nn(CC(=O)N[C@H](C)c3ccccc3)c(=S)o2)cc1. The molecule has 0 aliphatic carbocycles. The minimum absolute atomic E-state index is 0.0192. The van der Waals surface area contributed by atoms with Gasteiger partial charge in [0.1, 0.15) is 6.54 Å². The first-order valence-corrected chi connectivity index (χ1v) is 8.43. The summed E-state index contributed by atoms with van der Waals surface area (Å²) in [5.74, 6) is 0.241. The van der Waals surface area contributed by atoms with Crippen molar-refractivity contribution in [2.45, 2.75) is 26.4 Å². The molecule has 2 aromatic carbocycles. The molecule has 0 unspecified atom stereocenters. The molecule has 0 saturated carbocycles. The van der Waals surface area contributed by atoms with Gasteiger partial charge in [-0.05, 0) is 43.8 Å². The second-order valence-electron chi connectivity index (χ2n) is 5.90. The first-order chi connectivity index (χ1) is 12.0. The number of aromatic nitrogens is 2. The van der Waals surface area contributed by atoms with E-state index < -0.39 is 0 Å². The van der Waals surface area contributed by atoms with Gasteiger partial charge in [0.05, 0.1) is 6.04 Å².